The molecule has 1 aromatic rings. The van der Waals surface area contributed by atoms with E-state index in [9.17, 15) is 0 Å². The normalized spacial score (nSPS) is 20.6. The Hall–Kier alpha value is -0.940. The lowest BCUT2D eigenvalue weighted by atomic mass is 9.80. The zero-order valence-corrected chi connectivity index (χ0v) is 11.1. The van der Waals surface area contributed by atoms with Gasteiger partial charge in [0.2, 0.25) is 0 Å². The van der Waals surface area contributed by atoms with Gasteiger partial charge in [-0.2, -0.15) is 0 Å². The van der Waals surface area contributed by atoms with Crippen molar-refractivity contribution in [1.29, 1.82) is 0 Å². The third-order valence-corrected chi connectivity index (χ3v) is 3.83. The van der Waals surface area contributed by atoms with E-state index in [2.05, 4.69) is 34.4 Å². The minimum absolute atomic E-state index is 0.436. The second-order valence-corrected chi connectivity index (χ2v) is 5.58. The van der Waals surface area contributed by atoms with Gasteiger partial charge in [-0.15, -0.1) is 10.2 Å². The first-order valence-corrected chi connectivity index (χ1v) is 6.31. The first-order chi connectivity index (χ1) is 8.09. The Morgan fingerprint density at radius 3 is 2.65 bits per heavy atom. The molecule has 1 N–H and O–H groups in total. The highest BCUT2D eigenvalue weighted by atomic mass is 15.3. The van der Waals surface area contributed by atoms with Crippen LogP contribution in [0.15, 0.2) is 6.33 Å². The monoisotopic (exact) mass is 237 g/mol. The molecule has 17 heavy (non-hydrogen) atoms. The summed E-state index contributed by atoms with van der Waals surface area (Å²) in [6, 6.07) is 0. The van der Waals surface area contributed by atoms with Crippen LogP contribution in [-0.2, 0) is 13.6 Å². The molecule has 1 aliphatic rings. The molecule has 1 aromatic heterocycles. The van der Waals surface area contributed by atoms with Gasteiger partial charge in [0, 0.05) is 13.6 Å². The summed E-state index contributed by atoms with van der Waals surface area (Å²) in [5.41, 5.74) is 0.436. The molecule has 0 bridgehead atoms. The number of nitrogens with one attached hydrogen (secondary N) is 1. The summed E-state index contributed by atoms with van der Waals surface area (Å²) in [6.07, 6.45) is 4.29. The molecule has 2 rings (SSSR count). The molecule has 0 spiro atoms. The van der Waals surface area contributed by atoms with Crippen LogP contribution in [-0.4, -0.2) is 46.3 Å². The van der Waals surface area contributed by atoms with E-state index >= 15 is 0 Å². The molecule has 0 atom stereocenters. The van der Waals surface area contributed by atoms with Crippen molar-refractivity contribution in [2.24, 2.45) is 12.5 Å². The van der Waals surface area contributed by atoms with Crippen LogP contribution in [0.2, 0.25) is 0 Å². The lowest BCUT2D eigenvalue weighted by molar-refractivity contribution is 0.136. The molecule has 1 fully saturated rings. The molecule has 2 heterocycles. The fourth-order valence-corrected chi connectivity index (χ4v) is 2.28. The number of hydrogen-bond donors (Lipinski definition) is 1. The minimum atomic E-state index is 0.436. The number of aryl methyl sites for hydroxylation is 1. The van der Waals surface area contributed by atoms with Crippen LogP contribution in [0, 0.1) is 5.41 Å². The largest absolute Gasteiger partial charge is 0.320 e. The third kappa shape index (κ3) is 3.26. The van der Waals surface area contributed by atoms with Crippen LogP contribution in [0.1, 0.15) is 25.6 Å². The lowest BCUT2D eigenvalue weighted by Crippen LogP contribution is -2.42. The summed E-state index contributed by atoms with van der Waals surface area (Å²) in [5.74, 6) is 1.00. The Balaban J connectivity index is 1.76. The second-order valence-electron chi connectivity index (χ2n) is 5.58. The summed E-state index contributed by atoms with van der Waals surface area (Å²) in [5, 5.41) is 11.5. The number of hydrogen-bond acceptors (Lipinski definition) is 4. The number of aromatic nitrogens is 3. The predicted molar refractivity (Wildman–Crippen MR) is 67.5 cm³/mol. The fraction of sp³-hybridized carbons (Fsp3) is 0.833. The Morgan fingerprint density at radius 1 is 1.35 bits per heavy atom. The summed E-state index contributed by atoms with van der Waals surface area (Å²) in [6.45, 7) is 6.67. The molecule has 5 heteroatoms. The third-order valence-electron chi connectivity index (χ3n) is 3.83. The zero-order valence-electron chi connectivity index (χ0n) is 11.1. The van der Waals surface area contributed by atoms with Crippen LogP contribution in [0.3, 0.4) is 0 Å². The van der Waals surface area contributed by atoms with E-state index in [1.165, 1.54) is 25.9 Å². The molecule has 5 nitrogen and oxygen atoms in total. The van der Waals surface area contributed by atoms with Crippen molar-refractivity contribution in [3.63, 3.8) is 0 Å². The summed E-state index contributed by atoms with van der Waals surface area (Å²) < 4.78 is 1.96. The predicted octanol–water partition coefficient (Wildman–Crippen LogP) is 0.637. The number of nitrogens with zero attached hydrogens (tertiary/aromatic N) is 4. The minimum Gasteiger partial charge on any atom is -0.320 e. The van der Waals surface area contributed by atoms with E-state index in [4.69, 9.17) is 0 Å². The smallest absolute Gasteiger partial charge is 0.146 e. The van der Waals surface area contributed by atoms with Crippen molar-refractivity contribution in [1.82, 2.24) is 25.0 Å². The topological polar surface area (TPSA) is 46.0 Å². The van der Waals surface area contributed by atoms with Crippen molar-refractivity contribution in [3.8, 4) is 0 Å². The van der Waals surface area contributed by atoms with Gasteiger partial charge in [-0.1, -0.05) is 6.92 Å². The first-order valence-electron chi connectivity index (χ1n) is 6.31. The maximum Gasteiger partial charge on any atom is 0.146 e. The maximum absolute atomic E-state index is 4.08. The van der Waals surface area contributed by atoms with Gasteiger partial charge in [-0.05, 0) is 38.4 Å². The van der Waals surface area contributed by atoms with Gasteiger partial charge in [0.05, 0.1) is 6.54 Å². The highest BCUT2D eigenvalue weighted by Gasteiger charge is 2.28. The average molecular weight is 237 g/mol. The molecule has 0 saturated carbocycles. The number of rotatable bonds is 4. The van der Waals surface area contributed by atoms with Gasteiger partial charge in [0.1, 0.15) is 12.2 Å². The van der Waals surface area contributed by atoms with Gasteiger partial charge in [-0.3, -0.25) is 0 Å². The van der Waals surface area contributed by atoms with Gasteiger partial charge < -0.3 is 14.8 Å². The number of piperidine rings is 1. The van der Waals surface area contributed by atoms with Crippen molar-refractivity contribution in [2.75, 3.05) is 26.7 Å². The second kappa shape index (κ2) is 5.14. The highest BCUT2D eigenvalue weighted by Crippen LogP contribution is 2.29. The Morgan fingerprint density at radius 2 is 2.06 bits per heavy atom. The molecule has 0 radical (unpaired) electrons. The molecule has 96 valence electrons. The first kappa shape index (κ1) is 12.5. The fourth-order valence-electron chi connectivity index (χ4n) is 2.28. The molecule has 1 saturated heterocycles. The Kier molecular flexibility index (Phi) is 3.79. The summed E-state index contributed by atoms with van der Waals surface area (Å²) >= 11 is 0. The van der Waals surface area contributed by atoms with Crippen molar-refractivity contribution < 1.29 is 0 Å². The van der Waals surface area contributed by atoms with E-state index in [-0.39, 0.29) is 0 Å². The molecule has 0 unspecified atom stereocenters. The van der Waals surface area contributed by atoms with Crippen LogP contribution < -0.4 is 5.32 Å². The van der Waals surface area contributed by atoms with Gasteiger partial charge in [0.25, 0.3) is 0 Å². The molecule has 1 aliphatic heterocycles. The maximum atomic E-state index is 4.08. The lowest BCUT2D eigenvalue weighted by Gasteiger charge is -2.38. The SMILES string of the molecule is CN1CCC(C)(CNCc2nncn2C)CC1. The van der Waals surface area contributed by atoms with E-state index in [0.29, 0.717) is 5.41 Å². The van der Waals surface area contributed by atoms with E-state index in [1.54, 1.807) is 6.33 Å². The Labute approximate surface area is 103 Å². The highest BCUT2D eigenvalue weighted by molar-refractivity contribution is 4.87. The Bertz CT molecular complexity index is 352. The standard InChI is InChI=1S/C12H23N5/c1-12(4-6-16(2)7-5-12)9-13-8-11-15-14-10-17(11)3/h10,13H,4-9H2,1-3H3. The van der Waals surface area contributed by atoms with Crippen LogP contribution in [0.4, 0.5) is 0 Å². The van der Waals surface area contributed by atoms with Crippen LogP contribution in [0.5, 0.6) is 0 Å². The van der Waals surface area contributed by atoms with E-state index in [0.717, 1.165) is 18.9 Å². The van der Waals surface area contributed by atoms with Gasteiger partial charge >= 0.3 is 0 Å². The van der Waals surface area contributed by atoms with E-state index in [1.807, 2.05) is 11.6 Å². The molecular weight excluding hydrogens is 214 g/mol. The quantitative estimate of drug-likeness (QED) is 0.834. The molecule has 0 amide bonds. The van der Waals surface area contributed by atoms with Crippen molar-refractivity contribution in [3.05, 3.63) is 12.2 Å². The molecular formula is C12H23N5. The van der Waals surface area contributed by atoms with Gasteiger partial charge in [0.15, 0.2) is 0 Å². The summed E-state index contributed by atoms with van der Waals surface area (Å²) in [7, 11) is 4.18. The number of likely N-dealkylation sites (tertiary alicyclic amines) is 1. The molecule has 0 aromatic carbocycles. The van der Waals surface area contributed by atoms with Crippen molar-refractivity contribution >= 4 is 0 Å². The zero-order chi connectivity index (χ0) is 12.3. The average Bonchev–Trinajstić information content (AvgIpc) is 2.70. The van der Waals surface area contributed by atoms with E-state index < -0.39 is 0 Å². The van der Waals surface area contributed by atoms with Crippen LogP contribution in [0.25, 0.3) is 0 Å². The molecule has 0 aliphatic carbocycles. The summed E-state index contributed by atoms with van der Waals surface area (Å²) in [4.78, 5) is 2.41. The van der Waals surface area contributed by atoms with Crippen LogP contribution >= 0.6 is 0 Å². The van der Waals surface area contributed by atoms with Crippen molar-refractivity contribution in [2.45, 2.75) is 26.3 Å². The van der Waals surface area contributed by atoms with Gasteiger partial charge in [-0.25, -0.2) is 0 Å².